The number of nitrogens with one attached hydrogen (secondary N) is 1. The fourth-order valence-corrected chi connectivity index (χ4v) is 2.80. The lowest BCUT2D eigenvalue weighted by molar-refractivity contribution is 0.0775. The van der Waals surface area contributed by atoms with Gasteiger partial charge >= 0.3 is 0 Å². The molecule has 0 unspecified atom stereocenters. The van der Waals surface area contributed by atoms with Crippen molar-refractivity contribution in [3.05, 3.63) is 33.8 Å². The highest BCUT2D eigenvalue weighted by molar-refractivity contribution is 9.10. The molecule has 1 amide bonds. The normalized spacial score (nSPS) is 10.5. The average molecular weight is 344 g/mol. The van der Waals surface area contributed by atoms with Crippen LogP contribution in [0.2, 0.25) is 0 Å². The molecular weight excluding hydrogens is 330 g/mol. The van der Waals surface area contributed by atoms with Gasteiger partial charge in [0.15, 0.2) is 4.67 Å². The van der Waals surface area contributed by atoms with Crippen LogP contribution < -0.4 is 5.32 Å². The van der Waals surface area contributed by atoms with Crippen LogP contribution >= 0.6 is 27.5 Å². The molecule has 1 N–H and O–H groups in total. The number of hydrogen-bond donors (Lipinski definition) is 1. The third-order valence-corrected chi connectivity index (χ3v) is 4.05. The van der Waals surface area contributed by atoms with Crippen LogP contribution in [0.4, 0.5) is 5.00 Å². The Morgan fingerprint density at radius 1 is 1.58 bits per heavy atom. The van der Waals surface area contributed by atoms with Crippen molar-refractivity contribution < 1.29 is 9.21 Å². The summed E-state index contributed by atoms with van der Waals surface area (Å²) in [6.45, 7) is 2.25. The second-order valence-corrected chi connectivity index (χ2v) is 5.64. The molecule has 0 saturated carbocycles. The summed E-state index contributed by atoms with van der Waals surface area (Å²) in [5, 5.41) is 3.78. The van der Waals surface area contributed by atoms with E-state index in [-0.39, 0.29) is 5.91 Å². The van der Waals surface area contributed by atoms with Gasteiger partial charge in [-0.1, -0.05) is 0 Å². The molecule has 0 spiro atoms. The molecule has 0 saturated heterocycles. The van der Waals surface area contributed by atoms with Crippen LogP contribution in [0, 0.1) is 6.92 Å². The van der Waals surface area contributed by atoms with E-state index in [4.69, 9.17) is 4.42 Å². The summed E-state index contributed by atoms with van der Waals surface area (Å²) < 4.78 is 10.3. The van der Waals surface area contributed by atoms with Gasteiger partial charge in [0.05, 0.1) is 17.8 Å². The highest BCUT2D eigenvalue weighted by Gasteiger charge is 2.21. The number of carbonyl (C=O) groups is 1. The largest absolute Gasteiger partial charge is 0.452 e. The molecular formula is C12H14BrN3O2S. The van der Waals surface area contributed by atoms with E-state index in [1.165, 1.54) is 11.5 Å². The van der Waals surface area contributed by atoms with E-state index in [0.717, 1.165) is 16.5 Å². The summed E-state index contributed by atoms with van der Waals surface area (Å²) in [7, 11) is 3.53. The van der Waals surface area contributed by atoms with Crippen molar-refractivity contribution in [2.45, 2.75) is 13.5 Å². The minimum atomic E-state index is -0.0666. The summed E-state index contributed by atoms with van der Waals surface area (Å²) in [6, 6.07) is 3.65. The second kappa shape index (κ2) is 5.75. The van der Waals surface area contributed by atoms with Crippen molar-refractivity contribution in [1.82, 2.24) is 9.27 Å². The van der Waals surface area contributed by atoms with Crippen LogP contribution in [0.15, 0.2) is 21.2 Å². The Balaban J connectivity index is 2.16. The summed E-state index contributed by atoms with van der Waals surface area (Å²) in [4.78, 5) is 14.0. The fourth-order valence-electron chi connectivity index (χ4n) is 1.73. The number of furan rings is 1. The predicted octanol–water partition coefficient (Wildman–Crippen LogP) is 3.12. The number of nitrogens with zero attached hydrogens (tertiary/aromatic N) is 2. The van der Waals surface area contributed by atoms with Gasteiger partial charge in [-0.25, -0.2) is 0 Å². The summed E-state index contributed by atoms with van der Waals surface area (Å²) >= 11 is 4.54. The van der Waals surface area contributed by atoms with Gasteiger partial charge in [0.25, 0.3) is 5.91 Å². The molecule has 0 bridgehead atoms. The maximum atomic E-state index is 12.4. The van der Waals surface area contributed by atoms with Crippen molar-refractivity contribution in [2.75, 3.05) is 19.4 Å². The molecule has 0 aromatic carbocycles. The van der Waals surface area contributed by atoms with Crippen molar-refractivity contribution in [2.24, 2.45) is 0 Å². The Bertz CT molecular complexity index is 594. The lowest BCUT2D eigenvalue weighted by Crippen LogP contribution is -2.26. The van der Waals surface area contributed by atoms with Crippen molar-refractivity contribution >= 4 is 38.4 Å². The SMILES string of the molecule is CNc1snc(C)c1C(=O)N(C)Cc1ccc(Br)o1. The van der Waals surface area contributed by atoms with E-state index in [1.807, 2.05) is 19.1 Å². The molecule has 0 aliphatic rings. The summed E-state index contributed by atoms with van der Waals surface area (Å²) in [6.07, 6.45) is 0. The molecule has 19 heavy (non-hydrogen) atoms. The van der Waals surface area contributed by atoms with Gasteiger partial charge in [-0.05, 0) is 46.5 Å². The van der Waals surface area contributed by atoms with Crippen LogP contribution in [0.3, 0.4) is 0 Å². The number of anilines is 1. The molecule has 7 heteroatoms. The van der Waals surface area contributed by atoms with E-state index in [2.05, 4.69) is 25.6 Å². The topological polar surface area (TPSA) is 58.4 Å². The number of amides is 1. The Morgan fingerprint density at radius 3 is 2.89 bits per heavy atom. The maximum Gasteiger partial charge on any atom is 0.258 e. The molecule has 2 aromatic rings. The standard InChI is InChI=1S/C12H14BrN3O2S/c1-7-10(11(14-2)19-15-7)12(17)16(3)6-8-4-5-9(13)18-8/h4-5,14H,6H2,1-3H3. The Hall–Kier alpha value is -1.34. The Kier molecular flexibility index (Phi) is 4.26. The molecule has 0 atom stereocenters. The third kappa shape index (κ3) is 2.98. The van der Waals surface area contributed by atoms with Gasteiger partial charge in [-0.3, -0.25) is 4.79 Å². The second-order valence-electron chi connectivity index (χ2n) is 4.09. The highest BCUT2D eigenvalue weighted by Crippen LogP contribution is 2.25. The maximum absolute atomic E-state index is 12.4. The lowest BCUT2D eigenvalue weighted by atomic mass is 10.2. The molecule has 2 heterocycles. The van der Waals surface area contributed by atoms with Crippen LogP contribution in [-0.4, -0.2) is 29.3 Å². The Labute approximate surface area is 123 Å². The number of carbonyl (C=O) groups excluding carboxylic acids is 1. The van der Waals surface area contributed by atoms with Crippen LogP contribution in [-0.2, 0) is 6.54 Å². The summed E-state index contributed by atoms with van der Waals surface area (Å²) in [5.74, 6) is 0.665. The highest BCUT2D eigenvalue weighted by atomic mass is 79.9. The summed E-state index contributed by atoms with van der Waals surface area (Å²) in [5.41, 5.74) is 1.37. The van der Waals surface area contributed by atoms with Gasteiger partial charge in [-0.2, -0.15) is 4.37 Å². The van der Waals surface area contributed by atoms with E-state index < -0.39 is 0 Å². The molecule has 0 radical (unpaired) electrons. The van der Waals surface area contributed by atoms with E-state index >= 15 is 0 Å². The predicted molar refractivity (Wildman–Crippen MR) is 78.6 cm³/mol. The van der Waals surface area contributed by atoms with Crippen LogP contribution in [0.5, 0.6) is 0 Å². The molecule has 0 fully saturated rings. The van der Waals surface area contributed by atoms with Gasteiger partial charge in [0, 0.05) is 14.1 Å². The van der Waals surface area contributed by atoms with Gasteiger partial charge < -0.3 is 14.6 Å². The smallest absolute Gasteiger partial charge is 0.258 e. The quantitative estimate of drug-likeness (QED) is 0.926. The fraction of sp³-hybridized carbons (Fsp3) is 0.333. The zero-order chi connectivity index (χ0) is 14.0. The first-order valence-corrected chi connectivity index (χ1v) is 7.23. The number of rotatable bonds is 4. The minimum Gasteiger partial charge on any atom is -0.452 e. The zero-order valence-corrected chi connectivity index (χ0v) is 13.3. The monoisotopic (exact) mass is 343 g/mol. The molecule has 102 valence electrons. The zero-order valence-electron chi connectivity index (χ0n) is 10.9. The minimum absolute atomic E-state index is 0.0666. The van der Waals surface area contributed by atoms with Crippen molar-refractivity contribution in [3.63, 3.8) is 0 Å². The molecule has 5 nitrogen and oxygen atoms in total. The molecule has 0 aliphatic heterocycles. The number of hydrogen-bond acceptors (Lipinski definition) is 5. The van der Waals surface area contributed by atoms with Gasteiger partial charge in [0.1, 0.15) is 10.8 Å². The van der Waals surface area contributed by atoms with Crippen molar-refractivity contribution in [3.8, 4) is 0 Å². The number of aromatic nitrogens is 1. The number of halogens is 1. The van der Waals surface area contributed by atoms with Gasteiger partial charge in [0.2, 0.25) is 0 Å². The molecule has 2 rings (SSSR count). The van der Waals surface area contributed by atoms with Crippen LogP contribution in [0.25, 0.3) is 0 Å². The third-order valence-electron chi connectivity index (χ3n) is 2.67. The molecule has 0 aliphatic carbocycles. The van der Waals surface area contributed by atoms with Crippen LogP contribution in [0.1, 0.15) is 21.8 Å². The van der Waals surface area contributed by atoms with E-state index in [0.29, 0.717) is 16.8 Å². The average Bonchev–Trinajstić information content (AvgIpc) is 2.94. The first-order chi connectivity index (χ1) is 9.02. The van der Waals surface area contributed by atoms with E-state index in [9.17, 15) is 4.79 Å². The van der Waals surface area contributed by atoms with E-state index in [1.54, 1.807) is 19.0 Å². The number of aryl methyl sites for hydroxylation is 1. The first-order valence-electron chi connectivity index (χ1n) is 5.66. The molecule has 2 aromatic heterocycles. The van der Waals surface area contributed by atoms with Crippen molar-refractivity contribution in [1.29, 1.82) is 0 Å². The lowest BCUT2D eigenvalue weighted by Gasteiger charge is -2.16. The van der Waals surface area contributed by atoms with Gasteiger partial charge in [-0.15, -0.1) is 0 Å². The first kappa shape index (κ1) is 14.1. The Morgan fingerprint density at radius 2 is 2.32 bits per heavy atom.